The van der Waals surface area contributed by atoms with Gasteiger partial charge in [0, 0.05) is 6.04 Å². The van der Waals surface area contributed by atoms with E-state index in [-0.39, 0.29) is 0 Å². The molecule has 3 heteroatoms. The van der Waals surface area contributed by atoms with E-state index in [1.54, 1.807) is 6.20 Å². The van der Waals surface area contributed by atoms with Crippen LogP contribution < -0.4 is 5.32 Å². The molecule has 1 aromatic rings. The minimum Gasteiger partial charge on any atom is -0.445 e. The first kappa shape index (κ1) is 14.6. The summed E-state index contributed by atoms with van der Waals surface area (Å²) in [6.45, 7) is 9.85. The predicted molar refractivity (Wildman–Crippen MR) is 77.9 cm³/mol. The lowest BCUT2D eigenvalue weighted by molar-refractivity contribution is 0.136. The van der Waals surface area contributed by atoms with E-state index in [1.165, 1.54) is 32.1 Å². The van der Waals surface area contributed by atoms with Crippen LogP contribution in [0, 0.1) is 18.3 Å². The van der Waals surface area contributed by atoms with Crippen molar-refractivity contribution in [1.29, 1.82) is 0 Å². The lowest BCUT2D eigenvalue weighted by Crippen LogP contribution is -2.36. The molecule has 1 saturated carbocycles. The van der Waals surface area contributed by atoms with Crippen LogP contribution in [0.25, 0.3) is 0 Å². The number of rotatable bonds is 5. The van der Waals surface area contributed by atoms with Crippen LogP contribution in [0.2, 0.25) is 0 Å². The minimum absolute atomic E-state index is 0.505. The van der Waals surface area contributed by atoms with E-state index < -0.39 is 0 Å². The molecule has 0 aliphatic heterocycles. The van der Waals surface area contributed by atoms with E-state index in [2.05, 4.69) is 31.1 Å². The summed E-state index contributed by atoms with van der Waals surface area (Å²) < 4.78 is 5.49. The topological polar surface area (TPSA) is 38.1 Å². The Labute approximate surface area is 117 Å². The van der Waals surface area contributed by atoms with Gasteiger partial charge in [0.1, 0.15) is 5.76 Å². The van der Waals surface area contributed by atoms with E-state index in [9.17, 15) is 0 Å². The summed E-state index contributed by atoms with van der Waals surface area (Å²) in [5.74, 6) is 2.60. The van der Waals surface area contributed by atoms with Gasteiger partial charge in [-0.25, -0.2) is 4.98 Å². The number of hydrogen-bond donors (Lipinski definition) is 1. The summed E-state index contributed by atoms with van der Waals surface area (Å²) in [4.78, 5) is 4.24. The lowest BCUT2D eigenvalue weighted by Gasteiger charge is -2.39. The molecular weight excluding hydrogens is 236 g/mol. The van der Waals surface area contributed by atoms with Gasteiger partial charge in [-0.05, 0) is 43.9 Å². The molecule has 1 aliphatic carbocycles. The van der Waals surface area contributed by atoms with Crippen LogP contribution in [0.1, 0.15) is 64.5 Å². The summed E-state index contributed by atoms with van der Waals surface area (Å²) in [5.41, 5.74) is 0.505. The van der Waals surface area contributed by atoms with Gasteiger partial charge < -0.3 is 9.73 Å². The maximum absolute atomic E-state index is 5.49. The molecule has 3 nitrogen and oxygen atoms in total. The third-order valence-corrected chi connectivity index (χ3v) is 4.95. The van der Waals surface area contributed by atoms with Gasteiger partial charge in [0.15, 0.2) is 0 Å². The van der Waals surface area contributed by atoms with E-state index >= 15 is 0 Å². The van der Waals surface area contributed by atoms with E-state index in [1.807, 2.05) is 6.92 Å². The molecule has 108 valence electrons. The number of hydrogen-bond acceptors (Lipinski definition) is 3. The van der Waals surface area contributed by atoms with Crippen molar-refractivity contribution in [2.75, 3.05) is 0 Å². The number of nitrogens with zero attached hydrogens (tertiary/aromatic N) is 1. The van der Waals surface area contributed by atoms with Gasteiger partial charge in [0.05, 0.1) is 12.7 Å². The highest BCUT2D eigenvalue weighted by atomic mass is 16.4. The predicted octanol–water partition coefficient (Wildman–Crippen LogP) is 4.07. The van der Waals surface area contributed by atoms with Crippen molar-refractivity contribution < 1.29 is 4.42 Å². The quantitative estimate of drug-likeness (QED) is 0.871. The van der Waals surface area contributed by atoms with Gasteiger partial charge in [0.2, 0.25) is 5.89 Å². The second-order valence-electron chi connectivity index (χ2n) is 6.64. The van der Waals surface area contributed by atoms with Crippen molar-refractivity contribution in [3.63, 3.8) is 0 Å². The maximum Gasteiger partial charge on any atom is 0.208 e. The molecule has 0 spiro atoms. The van der Waals surface area contributed by atoms with Crippen LogP contribution in [0.4, 0.5) is 0 Å². The Kier molecular flexibility index (Phi) is 4.67. The van der Waals surface area contributed by atoms with Gasteiger partial charge in [-0.2, -0.15) is 0 Å². The molecule has 0 atom stereocenters. The average molecular weight is 264 g/mol. The number of aryl methyl sites for hydroxylation is 1. The molecule has 1 N–H and O–H groups in total. The second-order valence-corrected chi connectivity index (χ2v) is 6.64. The van der Waals surface area contributed by atoms with Gasteiger partial charge in [-0.1, -0.05) is 27.2 Å². The van der Waals surface area contributed by atoms with Crippen LogP contribution in [-0.2, 0) is 6.54 Å². The van der Waals surface area contributed by atoms with Crippen LogP contribution in [0.15, 0.2) is 10.6 Å². The maximum atomic E-state index is 5.49. The molecule has 0 aromatic carbocycles. The van der Waals surface area contributed by atoms with Crippen molar-refractivity contribution in [3.8, 4) is 0 Å². The van der Waals surface area contributed by atoms with Gasteiger partial charge in [-0.15, -0.1) is 0 Å². The molecule has 2 rings (SSSR count). The zero-order chi connectivity index (χ0) is 13.9. The smallest absolute Gasteiger partial charge is 0.208 e. The molecule has 1 heterocycles. The van der Waals surface area contributed by atoms with E-state index in [0.29, 0.717) is 11.5 Å². The largest absolute Gasteiger partial charge is 0.445 e. The zero-order valence-electron chi connectivity index (χ0n) is 12.8. The molecule has 0 bridgehead atoms. The third kappa shape index (κ3) is 3.82. The Morgan fingerprint density at radius 1 is 1.32 bits per heavy atom. The molecule has 0 radical (unpaired) electrons. The fraction of sp³-hybridized carbons (Fsp3) is 0.812. The average Bonchev–Trinajstić information content (AvgIpc) is 2.83. The van der Waals surface area contributed by atoms with Crippen LogP contribution in [-0.4, -0.2) is 11.0 Å². The molecule has 1 aromatic heterocycles. The summed E-state index contributed by atoms with van der Waals surface area (Å²) >= 11 is 0. The standard InChI is InChI=1S/C16H28N2O/c1-5-16(3,4)13-6-8-14(9-7-13)17-11-15-18-10-12(2)19-15/h10,13-14,17H,5-9,11H2,1-4H3. The van der Waals surface area contributed by atoms with Crippen LogP contribution >= 0.6 is 0 Å². The Bertz CT molecular complexity index is 389. The van der Waals surface area contributed by atoms with Crippen molar-refractivity contribution in [3.05, 3.63) is 17.8 Å². The third-order valence-electron chi connectivity index (χ3n) is 4.95. The van der Waals surface area contributed by atoms with Crippen molar-refractivity contribution >= 4 is 0 Å². The number of nitrogens with one attached hydrogen (secondary N) is 1. The minimum atomic E-state index is 0.505. The zero-order valence-corrected chi connectivity index (χ0v) is 12.8. The fourth-order valence-electron chi connectivity index (χ4n) is 3.08. The number of oxazole rings is 1. The molecule has 0 unspecified atom stereocenters. The van der Waals surface area contributed by atoms with Crippen LogP contribution in [0.5, 0.6) is 0 Å². The first-order valence-corrected chi connectivity index (χ1v) is 7.66. The first-order valence-electron chi connectivity index (χ1n) is 7.66. The van der Waals surface area contributed by atoms with E-state index in [0.717, 1.165) is 24.1 Å². The molecule has 19 heavy (non-hydrogen) atoms. The van der Waals surface area contributed by atoms with Gasteiger partial charge >= 0.3 is 0 Å². The lowest BCUT2D eigenvalue weighted by atomic mass is 9.69. The van der Waals surface area contributed by atoms with Gasteiger partial charge in [0.25, 0.3) is 0 Å². The highest BCUT2D eigenvalue weighted by molar-refractivity contribution is 4.91. The molecular formula is C16H28N2O. The Morgan fingerprint density at radius 3 is 2.53 bits per heavy atom. The Morgan fingerprint density at radius 2 is 2.00 bits per heavy atom. The van der Waals surface area contributed by atoms with Crippen molar-refractivity contribution in [1.82, 2.24) is 10.3 Å². The molecule has 0 saturated heterocycles. The number of aromatic nitrogens is 1. The molecule has 0 amide bonds. The highest BCUT2D eigenvalue weighted by Crippen LogP contribution is 2.40. The SMILES string of the molecule is CCC(C)(C)C1CCC(NCc2ncc(C)o2)CC1. The first-order chi connectivity index (χ1) is 9.01. The summed E-state index contributed by atoms with van der Waals surface area (Å²) in [7, 11) is 0. The van der Waals surface area contributed by atoms with Crippen molar-refractivity contribution in [2.24, 2.45) is 11.3 Å². The monoisotopic (exact) mass is 264 g/mol. The normalized spacial score (nSPS) is 24.6. The van der Waals surface area contributed by atoms with Crippen LogP contribution in [0.3, 0.4) is 0 Å². The summed E-state index contributed by atoms with van der Waals surface area (Å²) in [6, 6.07) is 0.635. The summed E-state index contributed by atoms with van der Waals surface area (Å²) in [5, 5.41) is 3.58. The second kappa shape index (κ2) is 6.08. The molecule has 1 fully saturated rings. The Hall–Kier alpha value is -0.830. The molecule has 1 aliphatic rings. The van der Waals surface area contributed by atoms with E-state index in [4.69, 9.17) is 4.42 Å². The highest BCUT2D eigenvalue weighted by Gasteiger charge is 2.31. The van der Waals surface area contributed by atoms with Crippen molar-refractivity contribution in [2.45, 2.75) is 72.4 Å². The van der Waals surface area contributed by atoms with Gasteiger partial charge in [-0.3, -0.25) is 0 Å². The Balaban J connectivity index is 1.74. The summed E-state index contributed by atoms with van der Waals surface area (Å²) in [6.07, 6.45) is 8.34. The fourth-order valence-corrected chi connectivity index (χ4v) is 3.08.